The van der Waals surface area contributed by atoms with Crippen molar-refractivity contribution in [2.75, 3.05) is 29.2 Å². The van der Waals surface area contributed by atoms with E-state index < -0.39 is 15.2 Å². The van der Waals surface area contributed by atoms with Crippen molar-refractivity contribution in [1.29, 1.82) is 0 Å². The monoisotopic (exact) mass is 328 g/mol. The van der Waals surface area contributed by atoms with E-state index in [2.05, 4.69) is 15.3 Å². The molecule has 1 saturated carbocycles. The van der Waals surface area contributed by atoms with Crippen LogP contribution in [0.3, 0.4) is 0 Å². The van der Waals surface area contributed by atoms with Crippen LogP contribution in [-0.4, -0.2) is 54.1 Å². The molecule has 1 aromatic heterocycles. The van der Waals surface area contributed by atoms with E-state index in [-0.39, 0.29) is 0 Å². The van der Waals surface area contributed by atoms with Gasteiger partial charge in [0.1, 0.15) is 11.2 Å². The van der Waals surface area contributed by atoms with Crippen LogP contribution in [0.5, 0.6) is 0 Å². The highest BCUT2D eigenvalue weighted by Crippen LogP contribution is 2.25. The lowest BCUT2D eigenvalue weighted by molar-refractivity contribution is 0.583. The lowest BCUT2D eigenvalue weighted by Crippen LogP contribution is -2.47. The molecule has 0 bridgehead atoms. The first-order valence-corrected chi connectivity index (χ1v) is 10.2. The molecule has 1 unspecified atom stereocenters. The van der Waals surface area contributed by atoms with Gasteiger partial charge in [0.25, 0.3) is 0 Å². The summed E-state index contributed by atoms with van der Waals surface area (Å²) in [6, 6.07) is 0.616. The van der Waals surface area contributed by atoms with E-state index in [0.29, 0.717) is 30.7 Å². The first-order valence-electron chi connectivity index (χ1n) is 7.11. The van der Waals surface area contributed by atoms with Gasteiger partial charge >= 0.3 is 0 Å². The van der Waals surface area contributed by atoms with Crippen LogP contribution < -0.4 is 10.2 Å². The number of rotatable bonds is 5. The first-order chi connectivity index (χ1) is 10.0. The molecule has 1 atom stereocenters. The van der Waals surface area contributed by atoms with E-state index in [0.717, 1.165) is 11.4 Å². The fraction of sp³-hybridized carbons (Fsp3) is 0.692. The maximum Gasteiger partial charge on any atom is 0.169 e. The van der Waals surface area contributed by atoms with Crippen molar-refractivity contribution >= 4 is 27.4 Å². The highest BCUT2D eigenvalue weighted by atomic mass is 32.2. The molecule has 116 valence electrons. The van der Waals surface area contributed by atoms with Gasteiger partial charge in [-0.3, -0.25) is 4.98 Å². The number of nitrogens with zero attached hydrogens (tertiary/aromatic N) is 3. The molecule has 3 rings (SSSR count). The Bertz CT molecular complexity index is 604. The lowest BCUT2D eigenvalue weighted by atomic mass is 10.4. The number of nitrogens with one attached hydrogen (secondary N) is 1. The SMILES string of the molecule is CS(=O)(=O)C1CSCCN1c1cncc(CNC2CC2)n1. The molecule has 8 heteroatoms. The van der Waals surface area contributed by atoms with Gasteiger partial charge in [0, 0.05) is 43.1 Å². The number of hydrogen-bond donors (Lipinski definition) is 1. The van der Waals surface area contributed by atoms with Crippen LogP contribution in [0.25, 0.3) is 0 Å². The third-order valence-electron chi connectivity index (χ3n) is 3.69. The summed E-state index contributed by atoms with van der Waals surface area (Å²) < 4.78 is 23.9. The maximum atomic E-state index is 12.0. The second-order valence-corrected chi connectivity index (χ2v) is 8.93. The molecule has 1 saturated heterocycles. The summed E-state index contributed by atoms with van der Waals surface area (Å²) in [7, 11) is -3.13. The highest BCUT2D eigenvalue weighted by Gasteiger charge is 2.32. The van der Waals surface area contributed by atoms with Crippen LogP contribution in [-0.2, 0) is 16.4 Å². The predicted octanol–water partition coefficient (Wildman–Crippen LogP) is 0.652. The predicted molar refractivity (Wildman–Crippen MR) is 85.2 cm³/mol. The second-order valence-electron chi connectivity index (χ2n) is 5.58. The van der Waals surface area contributed by atoms with Crippen molar-refractivity contribution in [2.45, 2.75) is 30.8 Å². The summed E-state index contributed by atoms with van der Waals surface area (Å²) in [5.41, 5.74) is 0.866. The van der Waals surface area contributed by atoms with Crippen LogP contribution >= 0.6 is 11.8 Å². The van der Waals surface area contributed by atoms with Crippen molar-refractivity contribution in [3.8, 4) is 0 Å². The number of anilines is 1. The quantitative estimate of drug-likeness (QED) is 0.850. The molecule has 0 radical (unpaired) electrons. The van der Waals surface area contributed by atoms with Crippen molar-refractivity contribution in [2.24, 2.45) is 0 Å². The minimum absolute atomic E-state index is 0.503. The Morgan fingerprint density at radius 2 is 2.24 bits per heavy atom. The zero-order valence-corrected chi connectivity index (χ0v) is 13.7. The molecule has 21 heavy (non-hydrogen) atoms. The van der Waals surface area contributed by atoms with E-state index in [1.54, 1.807) is 24.2 Å². The molecule has 1 aliphatic heterocycles. The molecule has 0 amide bonds. The summed E-state index contributed by atoms with van der Waals surface area (Å²) in [4.78, 5) is 10.7. The standard InChI is InChI=1S/C13H20N4O2S2/c1-21(18,19)13-9-20-5-4-17(13)12-8-14-6-11(16-12)7-15-10-2-3-10/h6,8,10,13,15H,2-5,7,9H2,1H3. The number of sulfone groups is 1. The maximum absolute atomic E-state index is 12.0. The van der Waals surface area contributed by atoms with Gasteiger partial charge in [-0.15, -0.1) is 0 Å². The van der Waals surface area contributed by atoms with E-state index in [9.17, 15) is 8.42 Å². The zero-order chi connectivity index (χ0) is 14.9. The Morgan fingerprint density at radius 1 is 1.43 bits per heavy atom. The third-order valence-corrected chi connectivity index (χ3v) is 6.34. The fourth-order valence-electron chi connectivity index (χ4n) is 2.35. The van der Waals surface area contributed by atoms with E-state index in [1.807, 2.05) is 4.90 Å². The minimum Gasteiger partial charge on any atom is -0.337 e. The Morgan fingerprint density at radius 3 is 2.95 bits per heavy atom. The summed E-state index contributed by atoms with van der Waals surface area (Å²) in [6.07, 6.45) is 7.16. The molecule has 1 N–H and O–H groups in total. The van der Waals surface area contributed by atoms with Gasteiger partial charge in [-0.05, 0) is 12.8 Å². The number of aromatic nitrogens is 2. The van der Waals surface area contributed by atoms with Crippen molar-refractivity contribution in [3.63, 3.8) is 0 Å². The van der Waals surface area contributed by atoms with Crippen LogP contribution in [0.15, 0.2) is 12.4 Å². The Hall–Kier alpha value is -0.860. The summed E-state index contributed by atoms with van der Waals surface area (Å²) in [6.45, 7) is 1.38. The van der Waals surface area contributed by atoms with Gasteiger partial charge in [0.15, 0.2) is 9.84 Å². The highest BCUT2D eigenvalue weighted by molar-refractivity contribution is 8.01. The van der Waals surface area contributed by atoms with Gasteiger partial charge in [-0.1, -0.05) is 0 Å². The molecule has 2 fully saturated rings. The Kier molecular flexibility index (Phi) is 4.37. The number of hydrogen-bond acceptors (Lipinski definition) is 7. The van der Waals surface area contributed by atoms with Crippen molar-refractivity contribution in [1.82, 2.24) is 15.3 Å². The molecule has 2 aliphatic rings. The Labute approximate surface area is 129 Å². The average Bonchev–Trinajstić information content (AvgIpc) is 3.29. The second kappa shape index (κ2) is 6.10. The van der Waals surface area contributed by atoms with Gasteiger partial charge in [0.2, 0.25) is 0 Å². The van der Waals surface area contributed by atoms with Crippen molar-refractivity contribution in [3.05, 3.63) is 18.1 Å². The van der Waals surface area contributed by atoms with Crippen LogP contribution in [0.1, 0.15) is 18.5 Å². The molecule has 2 heterocycles. The van der Waals surface area contributed by atoms with E-state index in [1.165, 1.54) is 19.1 Å². The van der Waals surface area contributed by atoms with E-state index in [4.69, 9.17) is 0 Å². The molecular formula is C13H20N4O2S2. The van der Waals surface area contributed by atoms with Crippen LogP contribution in [0.4, 0.5) is 5.82 Å². The Balaban J connectivity index is 1.78. The molecule has 1 aliphatic carbocycles. The summed E-state index contributed by atoms with van der Waals surface area (Å²) in [5.74, 6) is 2.17. The molecule has 1 aromatic rings. The van der Waals surface area contributed by atoms with Crippen LogP contribution in [0.2, 0.25) is 0 Å². The normalized spacial score (nSPS) is 23.3. The topological polar surface area (TPSA) is 75.2 Å². The average molecular weight is 328 g/mol. The van der Waals surface area contributed by atoms with Crippen molar-refractivity contribution < 1.29 is 8.42 Å². The molecule has 6 nitrogen and oxygen atoms in total. The minimum atomic E-state index is -3.13. The largest absolute Gasteiger partial charge is 0.337 e. The molecule has 0 aromatic carbocycles. The third kappa shape index (κ3) is 3.87. The fourth-order valence-corrected chi connectivity index (χ4v) is 5.18. The number of thioether (sulfide) groups is 1. The summed E-state index contributed by atoms with van der Waals surface area (Å²) in [5, 5.41) is 2.90. The van der Waals surface area contributed by atoms with Crippen LogP contribution in [0, 0.1) is 0 Å². The zero-order valence-electron chi connectivity index (χ0n) is 12.0. The van der Waals surface area contributed by atoms with Gasteiger partial charge < -0.3 is 10.2 Å². The molecule has 0 spiro atoms. The smallest absolute Gasteiger partial charge is 0.169 e. The van der Waals surface area contributed by atoms with Gasteiger partial charge in [0.05, 0.1) is 11.9 Å². The van der Waals surface area contributed by atoms with E-state index >= 15 is 0 Å². The van der Waals surface area contributed by atoms with Gasteiger partial charge in [-0.2, -0.15) is 11.8 Å². The first kappa shape index (κ1) is 15.1. The lowest BCUT2D eigenvalue weighted by Gasteiger charge is -2.34. The molecular weight excluding hydrogens is 308 g/mol. The van der Waals surface area contributed by atoms with Gasteiger partial charge in [-0.25, -0.2) is 13.4 Å². The summed E-state index contributed by atoms with van der Waals surface area (Å²) >= 11 is 1.67.